The second kappa shape index (κ2) is 8.72. The number of aryl methyl sites for hydroxylation is 1. The zero-order chi connectivity index (χ0) is 20.4. The van der Waals surface area contributed by atoms with Crippen molar-refractivity contribution in [2.24, 2.45) is 0 Å². The van der Waals surface area contributed by atoms with E-state index in [1.54, 1.807) is 25.1 Å². The summed E-state index contributed by atoms with van der Waals surface area (Å²) in [6, 6.07) is 4.98. The van der Waals surface area contributed by atoms with Crippen molar-refractivity contribution in [2.75, 3.05) is 6.61 Å². The summed E-state index contributed by atoms with van der Waals surface area (Å²) in [5, 5.41) is 8.67. The Balaban J connectivity index is 2.42. The van der Waals surface area contributed by atoms with Crippen LogP contribution >= 0.6 is 69.6 Å². The molecular weight excluding hydrogens is 483 g/mol. The molecule has 6 nitrogen and oxygen atoms in total. The van der Waals surface area contributed by atoms with E-state index in [0.29, 0.717) is 16.9 Å². The topological polar surface area (TPSA) is 85.2 Å². The molecule has 0 radical (unpaired) electrons. The predicted molar refractivity (Wildman–Crippen MR) is 106 cm³/mol. The van der Waals surface area contributed by atoms with Crippen LogP contribution in [0, 0.1) is 6.92 Å². The third-order valence-corrected chi connectivity index (χ3v) is 4.16. The van der Waals surface area contributed by atoms with Crippen molar-refractivity contribution in [1.82, 2.24) is 15.0 Å². The van der Waals surface area contributed by atoms with Crippen LogP contribution < -0.4 is 4.74 Å². The average Bonchev–Trinajstić information content (AvgIpc) is 2.54. The first-order valence-electron chi connectivity index (χ1n) is 7.24. The van der Waals surface area contributed by atoms with Gasteiger partial charge in [0, 0.05) is 5.56 Å². The second-order valence-corrected chi connectivity index (χ2v) is 9.84. The molecule has 146 valence electrons. The maximum Gasteiger partial charge on any atom is 0.306 e. The molecule has 12 heteroatoms. The first kappa shape index (κ1) is 22.5. The molecule has 0 saturated carbocycles. The van der Waals surface area contributed by atoms with Gasteiger partial charge in [0.05, 0.1) is 13.0 Å². The number of aliphatic carboxylic acids is 1. The van der Waals surface area contributed by atoms with Crippen molar-refractivity contribution in [3.63, 3.8) is 0 Å². The molecule has 0 fully saturated rings. The Morgan fingerprint density at radius 3 is 2.04 bits per heavy atom. The van der Waals surface area contributed by atoms with Gasteiger partial charge in [-0.05, 0) is 30.7 Å². The molecule has 0 unspecified atom stereocenters. The van der Waals surface area contributed by atoms with Crippen LogP contribution in [0.1, 0.15) is 23.6 Å². The van der Waals surface area contributed by atoms with Gasteiger partial charge in [-0.25, -0.2) is 15.0 Å². The van der Waals surface area contributed by atoms with Gasteiger partial charge in [0.25, 0.3) is 0 Å². The Hall–Kier alpha value is -0.760. The highest BCUT2D eigenvalue weighted by atomic mass is 35.6. The van der Waals surface area contributed by atoms with E-state index in [1.807, 2.05) is 0 Å². The number of hydrogen-bond acceptors (Lipinski definition) is 5. The quantitative estimate of drug-likeness (QED) is 0.565. The summed E-state index contributed by atoms with van der Waals surface area (Å²) in [6.45, 7) is 1.81. The number of carboxylic acids is 1. The van der Waals surface area contributed by atoms with Crippen LogP contribution in [0.4, 0.5) is 0 Å². The third kappa shape index (κ3) is 6.38. The predicted octanol–water partition coefficient (Wildman–Crippen LogP) is 5.35. The van der Waals surface area contributed by atoms with Crippen LogP contribution in [0.5, 0.6) is 5.75 Å². The molecule has 0 aliphatic carbocycles. The molecule has 0 aliphatic rings. The molecule has 0 saturated heterocycles. The van der Waals surface area contributed by atoms with E-state index >= 15 is 0 Å². The lowest BCUT2D eigenvalue weighted by Gasteiger charge is -2.16. The van der Waals surface area contributed by atoms with Gasteiger partial charge in [0.1, 0.15) is 5.75 Å². The molecule has 27 heavy (non-hydrogen) atoms. The largest absolute Gasteiger partial charge is 0.493 e. The zero-order valence-electron chi connectivity index (χ0n) is 13.5. The van der Waals surface area contributed by atoms with Crippen LogP contribution in [-0.2, 0) is 12.4 Å². The number of nitrogens with zero attached hydrogens (tertiary/aromatic N) is 3. The first-order valence-corrected chi connectivity index (χ1v) is 9.51. The zero-order valence-corrected chi connectivity index (χ0v) is 18.1. The molecule has 1 aromatic carbocycles. The van der Waals surface area contributed by atoms with E-state index in [9.17, 15) is 4.79 Å². The summed E-state index contributed by atoms with van der Waals surface area (Å²) in [5.74, 6) is -0.699. The maximum atomic E-state index is 10.6. The lowest BCUT2D eigenvalue weighted by molar-refractivity contribution is -0.137. The third-order valence-electron chi connectivity index (χ3n) is 3.15. The summed E-state index contributed by atoms with van der Waals surface area (Å²) < 4.78 is 1.54. The van der Waals surface area contributed by atoms with E-state index in [4.69, 9.17) is 79.4 Å². The molecule has 0 atom stereocenters. The van der Waals surface area contributed by atoms with Gasteiger partial charge in [0.2, 0.25) is 7.59 Å². The van der Waals surface area contributed by atoms with E-state index in [2.05, 4.69) is 15.0 Å². The minimum absolute atomic E-state index is 0.0378. The maximum absolute atomic E-state index is 10.6. The second-order valence-electron chi connectivity index (χ2n) is 5.27. The standard InChI is InChI=1S/C15H11Cl6N3O3/c1-7-6-8(2-3-9(7)27-5-4-10(25)26)11-22-12(14(16,17)18)24-13(23-11)15(19,20)21/h2-3,6H,4-5H2,1H3,(H,25,26). The number of benzene rings is 1. The van der Waals surface area contributed by atoms with Crippen molar-refractivity contribution < 1.29 is 14.6 Å². The Kier molecular flexibility index (Phi) is 7.28. The fourth-order valence-electron chi connectivity index (χ4n) is 1.96. The first-order chi connectivity index (χ1) is 12.4. The number of carbonyl (C=O) groups is 1. The van der Waals surface area contributed by atoms with Gasteiger partial charge < -0.3 is 9.84 Å². The van der Waals surface area contributed by atoms with Gasteiger partial charge in [-0.1, -0.05) is 69.6 Å². The van der Waals surface area contributed by atoms with Gasteiger partial charge in [-0.15, -0.1) is 0 Å². The Morgan fingerprint density at radius 2 is 1.59 bits per heavy atom. The Morgan fingerprint density at radius 1 is 1.04 bits per heavy atom. The van der Waals surface area contributed by atoms with Gasteiger partial charge >= 0.3 is 5.97 Å². The highest BCUT2D eigenvalue weighted by Crippen LogP contribution is 2.40. The van der Waals surface area contributed by atoms with Gasteiger partial charge in [-0.2, -0.15) is 0 Å². The number of alkyl halides is 6. The fourth-order valence-corrected chi connectivity index (χ4v) is 2.46. The van der Waals surface area contributed by atoms with Crippen LogP contribution in [0.15, 0.2) is 18.2 Å². The number of hydrogen-bond donors (Lipinski definition) is 1. The lowest BCUT2D eigenvalue weighted by Crippen LogP contribution is -2.16. The number of ether oxygens (including phenoxy) is 1. The molecule has 1 N–H and O–H groups in total. The van der Waals surface area contributed by atoms with E-state index in [-0.39, 0.29) is 30.5 Å². The highest BCUT2D eigenvalue weighted by molar-refractivity contribution is 6.67. The monoisotopic (exact) mass is 491 g/mol. The van der Waals surface area contributed by atoms with E-state index in [1.165, 1.54) is 0 Å². The van der Waals surface area contributed by atoms with E-state index in [0.717, 1.165) is 0 Å². The van der Waals surface area contributed by atoms with Gasteiger partial charge in [0.15, 0.2) is 17.5 Å². The fraction of sp³-hybridized carbons (Fsp3) is 0.333. The summed E-state index contributed by atoms with van der Waals surface area (Å²) in [6.07, 6.45) is -0.117. The van der Waals surface area contributed by atoms with Crippen molar-refractivity contribution in [1.29, 1.82) is 0 Å². The van der Waals surface area contributed by atoms with Gasteiger partial charge in [-0.3, -0.25) is 4.79 Å². The molecule has 2 aromatic rings. The molecule has 0 amide bonds. The molecule has 0 spiro atoms. The summed E-state index contributed by atoms with van der Waals surface area (Å²) in [7, 11) is 0. The van der Waals surface area contributed by atoms with Crippen molar-refractivity contribution >= 4 is 75.6 Å². The molecule has 1 heterocycles. The number of halogens is 6. The minimum Gasteiger partial charge on any atom is -0.493 e. The lowest BCUT2D eigenvalue weighted by atomic mass is 10.1. The molecule has 1 aromatic heterocycles. The smallest absolute Gasteiger partial charge is 0.306 e. The normalized spacial score (nSPS) is 12.1. The van der Waals surface area contributed by atoms with Crippen molar-refractivity contribution in [3.05, 3.63) is 35.4 Å². The number of rotatable bonds is 5. The van der Waals surface area contributed by atoms with Crippen LogP contribution in [0.3, 0.4) is 0 Å². The van der Waals surface area contributed by atoms with Crippen LogP contribution in [0.25, 0.3) is 11.4 Å². The van der Waals surface area contributed by atoms with Crippen LogP contribution in [-0.4, -0.2) is 32.6 Å². The molecule has 0 bridgehead atoms. The Bertz CT molecular complexity index is 819. The highest BCUT2D eigenvalue weighted by Gasteiger charge is 2.34. The number of aromatic nitrogens is 3. The minimum atomic E-state index is -1.95. The van der Waals surface area contributed by atoms with Crippen molar-refractivity contribution in [2.45, 2.75) is 20.9 Å². The van der Waals surface area contributed by atoms with Crippen LogP contribution in [0.2, 0.25) is 0 Å². The average molecular weight is 494 g/mol. The molecule has 0 aliphatic heterocycles. The van der Waals surface area contributed by atoms with E-state index < -0.39 is 13.6 Å². The SMILES string of the molecule is Cc1cc(-c2nc(C(Cl)(Cl)Cl)nc(C(Cl)(Cl)Cl)n2)ccc1OCCC(=O)O. The summed E-state index contributed by atoms with van der Waals surface area (Å²) in [5.41, 5.74) is 1.25. The molecular formula is C15H11Cl6N3O3. The Labute approximate surface area is 184 Å². The summed E-state index contributed by atoms with van der Waals surface area (Å²) >= 11 is 35.2. The molecule has 2 rings (SSSR count). The van der Waals surface area contributed by atoms with Crippen molar-refractivity contribution in [3.8, 4) is 17.1 Å². The summed E-state index contributed by atoms with van der Waals surface area (Å²) in [4.78, 5) is 22.7. The number of carboxylic acid groups (broad SMARTS) is 1.